The predicted octanol–water partition coefficient (Wildman–Crippen LogP) is 8.72. The van der Waals surface area contributed by atoms with Gasteiger partial charge in [-0.2, -0.15) is 0 Å². The van der Waals surface area contributed by atoms with Crippen LogP contribution in [-0.4, -0.2) is 30.8 Å². The molecule has 38 heavy (non-hydrogen) atoms. The maximum Gasteiger partial charge on any atom is 0.177 e. The van der Waals surface area contributed by atoms with E-state index < -0.39 is 0 Å². The van der Waals surface area contributed by atoms with E-state index in [1.54, 1.807) is 5.57 Å². The zero-order chi connectivity index (χ0) is 27.1. The molecule has 4 nitrogen and oxygen atoms in total. The van der Waals surface area contributed by atoms with Crippen molar-refractivity contribution >= 4 is 5.71 Å². The summed E-state index contributed by atoms with van der Waals surface area (Å²) in [6.45, 7) is 17.1. The Kier molecular flexibility index (Phi) is 8.52. The van der Waals surface area contributed by atoms with Crippen LogP contribution in [0, 0.1) is 46.3 Å². The first-order valence-electron chi connectivity index (χ1n) is 16.0. The lowest BCUT2D eigenvalue weighted by atomic mass is 9.47. The second kappa shape index (κ2) is 11.4. The molecule has 3 saturated carbocycles. The third kappa shape index (κ3) is 5.30. The first-order valence-corrected chi connectivity index (χ1v) is 16.0. The maximum absolute atomic E-state index is 6.55. The summed E-state index contributed by atoms with van der Waals surface area (Å²) >= 11 is 0. The molecule has 5 aliphatic rings. The van der Waals surface area contributed by atoms with Crippen molar-refractivity contribution in [2.75, 3.05) is 6.61 Å². The fourth-order valence-corrected chi connectivity index (χ4v) is 9.40. The van der Waals surface area contributed by atoms with Gasteiger partial charge in [0.1, 0.15) is 6.61 Å². The molecule has 4 heteroatoms. The summed E-state index contributed by atoms with van der Waals surface area (Å²) in [5.41, 5.74) is 3.64. The summed E-state index contributed by atoms with van der Waals surface area (Å²) in [4.78, 5) is 5.77. The molecular weight excluding hydrogens is 470 g/mol. The summed E-state index contributed by atoms with van der Waals surface area (Å²) in [6.07, 6.45) is 19.7. The van der Waals surface area contributed by atoms with E-state index in [2.05, 4.69) is 71.8 Å². The van der Waals surface area contributed by atoms with Gasteiger partial charge in [0.15, 0.2) is 6.29 Å². The van der Waals surface area contributed by atoms with Crippen LogP contribution in [0.25, 0.3) is 0 Å². The molecule has 5 rings (SSSR count). The van der Waals surface area contributed by atoms with E-state index in [9.17, 15) is 0 Å². The fourth-order valence-electron chi connectivity index (χ4n) is 9.40. The molecule has 3 fully saturated rings. The van der Waals surface area contributed by atoms with Gasteiger partial charge in [0.2, 0.25) is 0 Å². The fraction of sp³-hybridized carbons (Fsp3) is 0.853. The number of hydrogen-bond acceptors (Lipinski definition) is 4. The van der Waals surface area contributed by atoms with Crippen molar-refractivity contribution in [2.24, 2.45) is 51.5 Å². The monoisotopic (exact) mass is 525 g/mol. The lowest BCUT2D eigenvalue weighted by molar-refractivity contribution is -0.188. The summed E-state index contributed by atoms with van der Waals surface area (Å²) in [5, 5.41) is 4.64. The largest absolute Gasteiger partial charge is 0.396 e. The molecule has 214 valence electrons. The Hall–Kier alpha value is -1.13. The van der Waals surface area contributed by atoms with Gasteiger partial charge in [-0.15, -0.1) is 0 Å². The van der Waals surface area contributed by atoms with Crippen LogP contribution in [0.1, 0.15) is 113 Å². The molecule has 0 saturated heterocycles. The van der Waals surface area contributed by atoms with Gasteiger partial charge >= 0.3 is 0 Å². The summed E-state index contributed by atoms with van der Waals surface area (Å²) in [5.74, 6) is 4.16. The van der Waals surface area contributed by atoms with Gasteiger partial charge in [-0.25, -0.2) is 0 Å². The topological polar surface area (TPSA) is 40.0 Å². The Balaban J connectivity index is 1.24. The van der Waals surface area contributed by atoms with Gasteiger partial charge < -0.3 is 14.3 Å². The molecule has 0 amide bonds. The molecule has 0 aromatic carbocycles. The van der Waals surface area contributed by atoms with Crippen LogP contribution in [0.2, 0.25) is 0 Å². The number of rotatable bonds is 8. The SMILES string of the molecule is CC[C@H]1OC(O[C@H]2CC[C@@]3(C)C(=CCC4C3CC[C@@]3(C)C4CC[C@@H]3/C(C)=N/OCCC(C)C)C2)C=C[C@@H]1C. The minimum atomic E-state index is -0.174. The van der Waals surface area contributed by atoms with Gasteiger partial charge in [0.25, 0.3) is 0 Å². The number of ether oxygens (including phenoxy) is 2. The van der Waals surface area contributed by atoms with Crippen molar-refractivity contribution in [3.05, 3.63) is 23.8 Å². The Morgan fingerprint density at radius 1 is 1.11 bits per heavy atom. The highest BCUT2D eigenvalue weighted by atomic mass is 16.7. The van der Waals surface area contributed by atoms with Crippen LogP contribution in [0.3, 0.4) is 0 Å². The van der Waals surface area contributed by atoms with Gasteiger partial charge in [0.05, 0.1) is 17.9 Å². The maximum atomic E-state index is 6.55. The average Bonchev–Trinajstić information content (AvgIpc) is 3.25. The van der Waals surface area contributed by atoms with Crippen molar-refractivity contribution in [2.45, 2.75) is 131 Å². The third-order valence-electron chi connectivity index (χ3n) is 11.8. The summed E-state index contributed by atoms with van der Waals surface area (Å²) in [6, 6.07) is 0. The second-order valence-electron chi connectivity index (χ2n) is 14.4. The van der Waals surface area contributed by atoms with Crippen molar-refractivity contribution < 1.29 is 14.3 Å². The molecule has 0 spiro atoms. The molecule has 10 atom stereocenters. The lowest BCUT2D eigenvalue weighted by Crippen LogP contribution is -2.51. The standard InChI is InChI=1S/C34H55NO3/c1-8-31-23(4)9-14-32(38-31)37-26-15-18-33(6)25(21-26)10-11-27-29-13-12-28(34(29,7)19-16-30(27)33)24(5)35-36-20-17-22(2)3/h9-10,14,22-23,26-32H,8,11-13,15-21H2,1-7H3/b35-24+/t23-,26-,27?,28+,29?,30?,31+,32?,33-,34+/m0/s1. The van der Waals surface area contributed by atoms with Crippen LogP contribution in [0.4, 0.5) is 0 Å². The highest BCUT2D eigenvalue weighted by molar-refractivity contribution is 5.85. The second-order valence-corrected chi connectivity index (χ2v) is 14.4. The van der Waals surface area contributed by atoms with E-state index in [1.807, 2.05) is 0 Å². The number of allylic oxidation sites excluding steroid dienone is 1. The van der Waals surface area contributed by atoms with Crippen molar-refractivity contribution in [3.63, 3.8) is 0 Å². The molecule has 1 aliphatic heterocycles. The summed E-state index contributed by atoms with van der Waals surface area (Å²) in [7, 11) is 0. The zero-order valence-corrected chi connectivity index (χ0v) is 25.4. The molecule has 4 aliphatic carbocycles. The van der Waals surface area contributed by atoms with E-state index in [-0.39, 0.29) is 18.5 Å². The van der Waals surface area contributed by atoms with E-state index in [4.69, 9.17) is 14.3 Å². The van der Waals surface area contributed by atoms with E-state index in [0.29, 0.717) is 28.6 Å². The van der Waals surface area contributed by atoms with Crippen LogP contribution in [0.5, 0.6) is 0 Å². The first kappa shape index (κ1) is 28.4. The molecule has 1 heterocycles. The molecular formula is C34H55NO3. The molecule has 0 N–H and O–H groups in total. The lowest BCUT2D eigenvalue weighted by Gasteiger charge is -2.58. The van der Waals surface area contributed by atoms with Crippen LogP contribution in [-0.2, 0) is 14.3 Å². The van der Waals surface area contributed by atoms with E-state index in [0.717, 1.165) is 50.0 Å². The van der Waals surface area contributed by atoms with Crippen LogP contribution in [0.15, 0.2) is 29.0 Å². The first-order chi connectivity index (χ1) is 18.2. The van der Waals surface area contributed by atoms with Gasteiger partial charge in [0, 0.05) is 11.8 Å². The number of oxime groups is 1. The third-order valence-corrected chi connectivity index (χ3v) is 11.8. The Bertz CT molecular complexity index is 923. The smallest absolute Gasteiger partial charge is 0.177 e. The van der Waals surface area contributed by atoms with Crippen LogP contribution >= 0.6 is 0 Å². The number of fused-ring (bicyclic) bond motifs is 5. The van der Waals surface area contributed by atoms with Gasteiger partial charge in [-0.05, 0) is 112 Å². The summed E-state index contributed by atoms with van der Waals surface area (Å²) < 4.78 is 12.8. The van der Waals surface area contributed by atoms with Gasteiger partial charge in [-0.1, -0.05) is 64.4 Å². The molecule has 0 bridgehead atoms. The van der Waals surface area contributed by atoms with Crippen molar-refractivity contribution in [1.82, 2.24) is 0 Å². The normalized spacial score (nSPS) is 44.8. The number of nitrogens with zero attached hydrogens (tertiary/aromatic N) is 1. The zero-order valence-electron chi connectivity index (χ0n) is 25.4. The quantitative estimate of drug-likeness (QED) is 0.138. The Morgan fingerprint density at radius 2 is 1.92 bits per heavy atom. The van der Waals surface area contributed by atoms with Crippen molar-refractivity contribution in [3.8, 4) is 0 Å². The highest BCUT2D eigenvalue weighted by Crippen LogP contribution is 2.66. The predicted molar refractivity (Wildman–Crippen MR) is 156 cm³/mol. The van der Waals surface area contributed by atoms with E-state index >= 15 is 0 Å². The molecule has 0 radical (unpaired) electrons. The minimum Gasteiger partial charge on any atom is -0.396 e. The molecule has 4 unspecified atom stereocenters. The van der Waals surface area contributed by atoms with E-state index in [1.165, 1.54) is 44.2 Å². The molecule has 0 aromatic heterocycles. The Morgan fingerprint density at radius 3 is 2.68 bits per heavy atom. The average molecular weight is 526 g/mol. The molecule has 0 aromatic rings. The highest BCUT2D eigenvalue weighted by Gasteiger charge is 2.59. The van der Waals surface area contributed by atoms with Crippen LogP contribution < -0.4 is 0 Å². The minimum absolute atomic E-state index is 0.174. The van der Waals surface area contributed by atoms with Crippen molar-refractivity contribution in [1.29, 1.82) is 0 Å². The number of hydrogen-bond donors (Lipinski definition) is 0. The van der Waals surface area contributed by atoms with Gasteiger partial charge in [-0.3, -0.25) is 0 Å². The Labute approximate surface area is 233 Å².